The molecule has 3 heterocycles. The molecule has 0 atom stereocenters. The number of aryl methyl sites for hydroxylation is 1. The SMILES string of the molecule is CC1=C[I-]N=C(CCc2csc(Nc3ncc(Br)cc3Oc3ccccc3)n2)O1. The molecule has 6 nitrogen and oxygen atoms in total. The molecule has 1 N–H and O–H groups in total. The zero-order chi connectivity index (χ0) is 20.1. The Morgan fingerprint density at radius 2 is 2.10 bits per heavy atom. The van der Waals surface area contributed by atoms with Crippen LogP contribution in [0.25, 0.3) is 0 Å². The van der Waals surface area contributed by atoms with Crippen molar-refractivity contribution in [1.29, 1.82) is 0 Å². The molecule has 0 amide bonds. The minimum absolute atomic E-state index is 0.261. The van der Waals surface area contributed by atoms with E-state index < -0.39 is 0 Å². The Morgan fingerprint density at radius 1 is 1.24 bits per heavy atom. The molecular formula is C20H17BrIN4O2S-. The average Bonchev–Trinajstić information content (AvgIpc) is 3.17. The van der Waals surface area contributed by atoms with Gasteiger partial charge in [-0.25, -0.2) is 0 Å². The molecule has 3 aromatic rings. The first-order valence-corrected chi connectivity index (χ1v) is 12.7. The number of nitrogens with zero attached hydrogens (tertiary/aromatic N) is 3. The Hall–Kier alpha value is -1.98. The molecule has 1 aromatic carbocycles. The summed E-state index contributed by atoms with van der Waals surface area (Å²) in [6.45, 7) is 1.97. The topological polar surface area (TPSA) is 68.6 Å². The van der Waals surface area contributed by atoms with Crippen LogP contribution in [-0.4, -0.2) is 15.9 Å². The van der Waals surface area contributed by atoms with Crippen molar-refractivity contribution in [2.45, 2.75) is 19.8 Å². The van der Waals surface area contributed by atoms with Gasteiger partial charge in [-0.3, -0.25) is 0 Å². The van der Waals surface area contributed by atoms with Gasteiger partial charge in [0, 0.05) is 0 Å². The Kier molecular flexibility index (Phi) is 6.78. The molecule has 0 fully saturated rings. The monoisotopic (exact) mass is 583 g/mol. The number of nitrogens with one attached hydrogen (secondary N) is 1. The van der Waals surface area contributed by atoms with E-state index in [1.54, 1.807) is 6.20 Å². The number of rotatable bonds is 7. The number of halogens is 2. The van der Waals surface area contributed by atoms with Crippen LogP contribution in [0.2, 0.25) is 0 Å². The second kappa shape index (κ2) is 9.68. The number of hydrogen-bond donors (Lipinski definition) is 1. The molecule has 0 saturated heterocycles. The van der Waals surface area contributed by atoms with Crippen molar-refractivity contribution in [2.24, 2.45) is 3.21 Å². The Balaban J connectivity index is 1.42. The van der Waals surface area contributed by atoms with Crippen molar-refractivity contribution in [2.75, 3.05) is 5.32 Å². The maximum absolute atomic E-state index is 5.99. The summed E-state index contributed by atoms with van der Waals surface area (Å²) in [5, 5.41) is 6.08. The van der Waals surface area contributed by atoms with E-state index in [0.717, 1.165) is 45.5 Å². The first-order chi connectivity index (χ1) is 14.2. The van der Waals surface area contributed by atoms with E-state index in [1.165, 1.54) is 11.3 Å². The van der Waals surface area contributed by atoms with Crippen LogP contribution in [0.4, 0.5) is 10.9 Å². The van der Waals surface area contributed by atoms with Gasteiger partial charge in [0.25, 0.3) is 0 Å². The Labute approximate surface area is 191 Å². The molecule has 0 spiro atoms. The summed E-state index contributed by atoms with van der Waals surface area (Å²) in [5.41, 5.74) is 0.997. The number of hydrogen-bond acceptors (Lipinski definition) is 7. The van der Waals surface area contributed by atoms with Crippen LogP contribution in [-0.2, 0) is 11.2 Å². The van der Waals surface area contributed by atoms with Gasteiger partial charge in [-0.05, 0) is 28.1 Å². The predicted molar refractivity (Wildman–Crippen MR) is 114 cm³/mol. The van der Waals surface area contributed by atoms with Crippen molar-refractivity contribution >= 4 is 44.1 Å². The van der Waals surface area contributed by atoms with E-state index in [0.29, 0.717) is 11.6 Å². The van der Waals surface area contributed by atoms with E-state index in [2.05, 4.69) is 38.5 Å². The summed E-state index contributed by atoms with van der Waals surface area (Å²) in [4.78, 5) is 9.11. The fourth-order valence-corrected chi connectivity index (χ4v) is 4.85. The fourth-order valence-electron chi connectivity index (χ4n) is 2.49. The van der Waals surface area contributed by atoms with Crippen molar-refractivity contribution in [3.63, 3.8) is 0 Å². The second-order valence-corrected chi connectivity index (χ2v) is 9.52. The number of benzene rings is 1. The summed E-state index contributed by atoms with van der Waals surface area (Å²) in [6.07, 6.45) is 3.27. The molecule has 150 valence electrons. The van der Waals surface area contributed by atoms with Crippen LogP contribution < -0.4 is 31.5 Å². The first-order valence-electron chi connectivity index (χ1n) is 8.80. The Morgan fingerprint density at radius 3 is 2.93 bits per heavy atom. The van der Waals surface area contributed by atoms with Crippen LogP contribution in [0, 0.1) is 0 Å². The average molecular weight is 584 g/mol. The van der Waals surface area contributed by atoms with Gasteiger partial charge in [0.1, 0.15) is 0 Å². The molecule has 1 aliphatic heterocycles. The molecule has 0 radical (unpaired) electrons. The van der Waals surface area contributed by atoms with Crippen LogP contribution in [0.5, 0.6) is 11.5 Å². The maximum atomic E-state index is 5.99. The van der Waals surface area contributed by atoms with E-state index >= 15 is 0 Å². The molecule has 29 heavy (non-hydrogen) atoms. The van der Waals surface area contributed by atoms with Gasteiger partial charge in [0.2, 0.25) is 0 Å². The quantitative estimate of drug-likeness (QED) is 0.433. The summed E-state index contributed by atoms with van der Waals surface area (Å²) in [7, 11) is 0. The summed E-state index contributed by atoms with van der Waals surface area (Å²) in [5.74, 6) is 3.75. The first kappa shape index (κ1) is 20.3. The van der Waals surface area contributed by atoms with E-state index in [9.17, 15) is 0 Å². The number of thiazole rings is 1. The minimum atomic E-state index is -0.261. The van der Waals surface area contributed by atoms with Gasteiger partial charge in [-0.1, -0.05) is 18.2 Å². The van der Waals surface area contributed by atoms with Crippen molar-refractivity contribution in [3.05, 3.63) is 68.0 Å². The van der Waals surface area contributed by atoms with Crippen LogP contribution in [0.3, 0.4) is 0 Å². The molecule has 1 aliphatic rings. The molecular weight excluding hydrogens is 567 g/mol. The van der Waals surface area contributed by atoms with Gasteiger partial charge >= 0.3 is 147 Å². The number of para-hydroxylation sites is 1. The van der Waals surface area contributed by atoms with Gasteiger partial charge in [0.05, 0.1) is 0 Å². The molecule has 0 bridgehead atoms. The van der Waals surface area contributed by atoms with Gasteiger partial charge in [0.15, 0.2) is 0 Å². The van der Waals surface area contributed by atoms with Crippen molar-refractivity contribution in [3.8, 4) is 11.5 Å². The molecule has 9 heteroatoms. The third-order valence-corrected chi connectivity index (χ3v) is 7.00. The van der Waals surface area contributed by atoms with Gasteiger partial charge < -0.3 is 0 Å². The zero-order valence-electron chi connectivity index (χ0n) is 15.4. The fraction of sp³-hybridized carbons (Fsp3) is 0.150. The normalized spacial score (nSPS) is 13.6. The zero-order valence-corrected chi connectivity index (χ0v) is 20.0. The van der Waals surface area contributed by atoms with E-state index in [-0.39, 0.29) is 21.5 Å². The van der Waals surface area contributed by atoms with Crippen LogP contribution in [0.1, 0.15) is 19.0 Å². The van der Waals surface area contributed by atoms with Crippen molar-refractivity contribution < 1.29 is 31.0 Å². The molecule has 0 aliphatic carbocycles. The van der Waals surface area contributed by atoms with Gasteiger partial charge in [-0.2, -0.15) is 0 Å². The Bertz CT molecular complexity index is 1060. The predicted octanol–water partition coefficient (Wildman–Crippen LogP) is 3.06. The number of pyridine rings is 1. The third-order valence-electron chi connectivity index (χ3n) is 3.79. The van der Waals surface area contributed by atoms with Crippen LogP contribution in [0.15, 0.2) is 65.5 Å². The summed E-state index contributed by atoms with van der Waals surface area (Å²) < 4.78 is 19.1. The number of ether oxygens (including phenoxy) is 2. The van der Waals surface area contributed by atoms with E-state index in [4.69, 9.17) is 9.47 Å². The van der Waals surface area contributed by atoms with E-state index in [1.807, 2.05) is 48.7 Å². The molecule has 4 rings (SSSR count). The van der Waals surface area contributed by atoms with Crippen molar-refractivity contribution in [1.82, 2.24) is 9.97 Å². The standard InChI is InChI=1S/C20H17BrIN4O2S/c1-13-10-22-26-18(27-13)8-7-15-12-29-20(24-15)25-19-17(9-14(21)11-23-19)28-16-5-3-2-4-6-16/h2-6,9-12H,7-8H2,1H3,(H,23,24,25)/q-1. The third kappa shape index (κ3) is 5.77. The summed E-state index contributed by atoms with van der Waals surface area (Å²) in [6, 6.07) is 11.5. The summed E-state index contributed by atoms with van der Waals surface area (Å²) >= 11 is 4.73. The molecule has 2 aromatic heterocycles. The van der Waals surface area contributed by atoms with Crippen LogP contribution >= 0.6 is 27.3 Å². The number of anilines is 2. The molecule has 0 saturated carbocycles. The van der Waals surface area contributed by atoms with Gasteiger partial charge in [-0.15, -0.1) is 0 Å². The molecule has 0 unspecified atom stereocenters. The number of allylic oxidation sites excluding steroid dienone is 1. The number of aromatic nitrogens is 2. The second-order valence-electron chi connectivity index (χ2n) is 6.08.